The summed E-state index contributed by atoms with van der Waals surface area (Å²) in [6, 6.07) is 30.8. The maximum atomic E-state index is 12.1. The predicted molar refractivity (Wildman–Crippen MR) is 114 cm³/mol. The third kappa shape index (κ3) is 5.70. The van der Waals surface area contributed by atoms with Gasteiger partial charge in [-0.15, -0.1) is 0 Å². The van der Waals surface area contributed by atoms with Gasteiger partial charge in [-0.05, 0) is 15.6 Å². The number of aromatic hydroxyl groups is 1. The van der Waals surface area contributed by atoms with Crippen molar-refractivity contribution in [2.24, 2.45) is 0 Å². The fourth-order valence-corrected chi connectivity index (χ4v) is 6.10. The van der Waals surface area contributed by atoms with Gasteiger partial charge in [0.2, 0.25) is 0 Å². The molecule has 0 heterocycles. The van der Waals surface area contributed by atoms with Gasteiger partial charge in [-0.3, -0.25) is 0 Å². The minimum absolute atomic E-state index is 0. The van der Waals surface area contributed by atoms with Crippen LogP contribution in [0.3, 0.4) is 0 Å². The van der Waals surface area contributed by atoms with Crippen molar-refractivity contribution in [2.45, 2.75) is 0 Å². The summed E-state index contributed by atoms with van der Waals surface area (Å²) >= 11 is 0. The maximum absolute atomic E-state index is 12.1. The quantitative estimate of drug-likeness (QED) is 0.342. The number of hydrogen-bond acceptors (Lipinski definition) is 2. The van der Waals surface area contributed by atoms with Crippen LogP contribution in [0.15, 0.2) is 103 Å². The van der Waals surface area contributed by atoms with Gasteiger partial charge in [0.05, 0.1) is 0 Å². The number of benzene rings is 4. The Morgan fingerprint density at radius 1 is 0.548 bits per heavy atom. The largest absolute Gasteiger partial charge is 0.503 e. The van der Waals surface area contributed by atoms with E-state index in [1.54, 1.807) is 0 Å². The van der Waals surface area contributed by atoms with Crippen LogP contribution in [0.1, 0.15) is 0 Å². The molecule has 7 heteroatoms. The standard InChI is InChI=1S/C18H16OSi.C6H3F3O.Zn/c19-20(16-10-4-1-5-11-16,17-12-6-2-7-13-17)18-14-8-3-9-15-18;7-3-1-4(8)6(10)5(9)2-3;/h1-15,19H;1-2,10H;. The average molecular weight is 490 g/mol. The molecule has 0 atom stereocenters. The number of phenolic OH excluding ortho intramolecular Hbond substituents is 1. The summed E-state index contributed by atoms with van der Waals surface area (Å²) in [5, 5.41) is 11.4. The molecule has 154 valence electrons. The van der Waals surface area contributed by atoms with Crippen molar-refractivity contribution in [3.8, 4) is 5.75 Å². The molecule has 4 aromatic carbocycles. The second kappa shape index (κ2) is 11.0. The predicted octanol–water partition coefficient (Wildman–Crippen LogP) is 3.45. The molecule has 0 aliphatic heterocycles. The van der Waals surface area contributed by atoms with E-state index in [0.29, 0.717) is 12.1 Å². The van der Waals surface area contributed by atoms with Gasteiger partial charge in [-0.25, -0.2) is 13.2 Å². The Kier molecular flexibility index (Phi) is 8.75. The van der Waals surface area contributed by atoms with Crippen LogP contribution in [-0.4, -0.2) is 18.2 Å². The molecule has 0 aromatic heterocycles. The molecule has 0 fully saturated rings. The first-order valence-corrected chi connectivity index (χ1v) is 11.1. The normalized spacial score (nSPS) is 10.5. The van der Waals surface area contributed by atoms with Crippen LogP contribution >= 0.6 is 0 Å². The van der Waals surface area contributed by atoms with Gasteiger partial charge in [0.15, 0.2) is 17.4 Å². The molecule has 0 saturated carbocycles. The van der Waals surface area contributed by atoms with Crippen LogP contribution < -0.4 is 15.6 Å². The molecular weight excluding hydrogens is 471 g/mol. The minimum atomic E-state index is -2.88. The number of halogens is 3. The van der Waals surface area contributed by atoms with Crippen molar-refractivity contribution in [2.75, 3.05) is 0 Å². The summed E-state index contributed by atoms with van der Waals surface area (Å²) in [7, 11) is -2.88. The zero-order valence-electron chi connectivity index (χ0n) is 16.6. The smallest absolute Gasteiger partial charge is 0.285 e. The summed E-state index contributed by atoms with van der Waals surface area (Å²) in [5.74, 6) is -4.79. The fraction of sp³-hybridized carbons (Fsp3) is 0. The van der Waals surface area contributed by atoms with Crippen molar-refractivity contribution in [1.82, 2.24) is 0 Å². The third-order valence-corrected chi connectivity index (χ3v) is 8.06. The van der Waals surface area contributed by atoms with Crippen molar-refractivity contribution in [3.63, 3.8) is 0 Å². The molecule has 31 heavy (non-hydrogen) atoms. The van der Waals surface area contributed by atoms with Crippen LogP contribution in [0, 0.1) is 17.5 Å². The summed E-state index contributed by atoms with van der Waals surface area (Å²) in [6.07, 6.45) is 0. The first-order chi connectivity index (χ1) is 14.4. The zero-order chi connectivity index (χ0) is 21.6. The van der Waals surface area contributed by atoms with E-state index in [9.17, 15) is 18.0 Å². The molecule has 4 aromatic rings. The van der Waals surface area contributed by atoms with E-state index < -0.39 is 31.5 Å². The van der Waals surface area contributed by atoms with Crippen LogP contribution in [0.25, 0.3) is 0 Å². The molecular formula is C24H19F3O2SiZn. The zero-order valence-corrected chi connectivity index (χ0v) is 20.5. The van der Waals surface area contributed by atoms with E-state index >= 15 is 0 Å². The van der Waals surface area contributed by atoms with E-state index in [1.165, 1.54) is 0 Å². The van der Waals surface area contributed by atoms with Crippen LogP contribution in [0.2, 0.25) is 0 Å². The van der Waals surface area contributed by atoms with Gasteiger partial charge in [0.1, 0.15) is 5.82 Å². The molecule has 0 radical (unpaired) electrons. The van der Waals surface area contributed by atoms with Crippen LogP contribution in [-0.2, 0) is 19.5 Å². The van der Waals surface area contributed by atoms with Gasteiger partial charge < -0.3 is 9.90 Å². The number of phenols is 1. The number of rotatable bonds is 3. The molecule has 0 aliphatic rings. The second-order valence-corrected chi connectivity index (χ2v) is 9.68. The van der Waals surface area contributed by atoms with Gasteiger partial charge in [0.25, 0.3) is 8.32 Å². The monoisotopic (exact) mass is 488 g/mol. The Bertz CT molecular complexity index is 978. The Morgan fingerprint density at radius 2 is 0.839 bits per heavy atom. The summed E-state index contributed by atoms with van der Waals surface area (Å²) in [5.41, 5.74) is 0. The third-order valence-electron chi connectivity index (χ3n) is 4.56. The van der Waals surface area contributed by atoms with E-state index in [-0.39, 0.29) is 19.5 Å². The first-order valence-electron chi connectivity index (χ1n) is 9.15. The average Bonchev–Trinajstić information content (AvgIpc) is 2.79. The maximum Gasteiger partial charge on any atom is 0.285 e. The summed E-state index contributed by atoms with van der Waals surface area (Å²) in [4.78, 5) is 11.6. The Morgan fingerprint density at radius 3 is 1.13 bits per heavy atom. The van der Waals surface area contributed by atoms with Gasteiger partial charge in [-0.1, -0.05) is 91.0 Å². The van der Waals surface area contributed by atoms with Gasteiger partial charge in [-0.2, -0.15) is 0 Å². The Labute approximate surface area is 192 Å². The molecule has 2 N–H and O–H groups in total. The van der Waals surface area contributed by atoms with Gasteiger partial charge >= 0.3 is 0 Å². The first kappa shape index (κ1) is 24.5. The molecule has 0 spiro atoms. The second-order valence-electron chi connectivity index (χ2n) is 6.53. The summed E-state index contributed by atoms with van der Waals surface area (Å²) in [6.45, 7) is 0. The fourth-order valence-electron chi connectivity index (χ4n) is 3.07. The molecule has 0 saturated heterocycles. The molecule has 0 aliphatic carbocycles. The van der Waals surface area contributed by atoms with Crippen molar-refractivity contribution >= 4 is 23.9 Å². The summed E-state index contributed by atoms with van der Waals surface area (Å²) < 4.78 is 36.2. The molecule has 0 unspecified atom stereocenters. The van der Waals surface area contributed by atoms with Crippen LogP contribution in [0.4, 0.5) is 13.2 Å². The minimum Gasteiger partial charge on any atom is -0.503 e. The SMILES string of the molecule is O[Si](c1ccccc1)(c1ccccc1)c1ccccc1.Oc1c(F)cc(F)cc1F.[Zn]. The van der Waals surface area contributed by atoms with Crippen molar-refractivity contribution < 1.29 is 42.6 Å². The molecule has 0 amide bonds. The molecule has 4 rings (SSSR count). The van der Waals surface area contributed by atoms with Gasteiger partial charge in [0, 0.05) is 31.6 Å². The van der Waals surface area contributed by atoms with Crippen molar-refractivity contribution in [3.05, 3.63) is 121 Å². The van der Waals surface area contributed by atoms with Crippen LogP contribution in [0.5, 0.6) is 5.75 Å². The van der Waals surface area contributed by atoms with E-state index in [2.05, 4.69) is 0 Å². The molecule has 2 nitrogen and oxygen atoms in total. The Hall–Kier alpha value is -2.73. The van der Waals surface area contributed by atoms with E-state index in [0.717, 1.165) is 15.6 Å². The van der Waals surface area contributed by atoms with E-state index in [1.807, 2.05) is 91.0 Å². The number of hydrogen-bond donors (Lipinski definition) is 2. The Balaban J connectivity index is 0.000000264. The van der Waals surface area contributed by atoms with E-state index in [4.69, 9.17) is 5.11 Å². The topological polar surface area (TPSA) is 40.5 Å². The molecule has 0 bridgehead atoms. The van der Waals surface area contributed by atoms with Crippen molar-refractivity contribution in [1.29, 1.82) is 0 Å².